The molecule has 1 aliphatic rings. The number of anilines is 1. The SMILES string of the molecule is CCc1ccc(C(C)NC(=O)/C(C#N)=C\N2CCN(c3ccccc3)CC2)cc1. The zero-order valence-electron chi connectivity index (χ0n) is 17.1. The third kappa shape index (κ3) is 5.39. The molecule has 1 aliphatic heterocycles. The summed E-state index contributed by atoms with van der Waals surface area (Å²) in [5, 5.41) is 12.4. The topological polar surface area (TPSA) is 59.4 Å². The molecule has 0 spiro atoms. The van der Waals surface area contributed by atoms with Crippen LogP contribution in [0.3, 0.4) is 0 Å². The maximum Gasteiger partial charge on any atom is 0.263 e. The van der Waals surface area contributed by atoms with Crippen molar-refractivity contribution < 1.29 is 4.79 Å². The van der Waals surface area contributed by atoms with Crippen molar-refractivity contribution >= 4 is 11.6 Å². The Hall–Kier alpha value is -3.26. The van der Waals surface area contributed by atoms with Gasteiger partial charge in [-0.2, -0.15) is 5.26 Å². The zero-order chi connectivity index (χ0) is 20.6. The summed E-state index contributed by atoms with van der Waals surface area (Å²) < 4.78 is 0. The molecule has 1 heterocycles. The fraction of sp³-hybridized carbons (Fsp3) is 0.333. The van der Waals surface area contributed by atoms with Crippen molar-refractivity contribution in [1.29, 1.82) is 5.26 Å². The number of nitrogens with one attached hydrogen (secondary N) is 1. The Bertz CT molecular complexity index is 875. The van der Waals surface area contributed by atoms with Crippen molar-refractivity contribution in [3.8, 4) is 6.07 Å². The molecule has 3 rings (SSSR count). The molecule has 0 aromatic heterocycles. The molecule has 1 fully saturated rings. The van der Waals surface area contributed by atoms with Gasteiger partial charge in [0.2, 0.25) is 0 Å². The molecule has 2 aromatic carbocycles. The first kappa shape index (κ1) is 20.5. The van der Waals surface area contributed by atoms with Gasteiger partial charge in [-0.15, -0.1) is 0 Å². The molecule has 0 aliphatic carbocycles. The van der Waals surface area contributed by atoms with Gasteiger partial charge in [-0.25, -0.2) is 0 Å². The first-order chi connectivity index (χ1) is 14.1. The molecule has 1 atom stereocenters. The van der Waals surface area contributed by atoms with Gasteiger partial charge in [-0.1, -0.05) is 49.4 Å². The number of carbonyl (C=O) groups excluding carboxylic acids is 1. The van der Waals surface area contributed by atoms with Crippen LogP contribution in [0.4, 0.5) is 5.69 Å². The number of rotatable bonds is 6. The molecule has 1 amide bonds. The van der Waals surface area contributed by atoms with Gasteiger partial charge in [0.15, 0.2) is 0 Å². The van der Waals surface area contributed by atoms with E-state index >= 15 is 0 Å². The summed E-state index contributed by atoms with van der Waals surface area (Å²) in [5.74, 6) is -0.329. The van der Waals surface area contributed by atoms with Crippen LogP contribution in [0, 0.1) is 11.3 Å². The van der Waals surface area contributed by atoms with E-state index in [0.717, 1.165) is 38.2 Å². The summed E-state index contributed by atoms with van der Waals surface area (Å²) in [7, 11) is 0. The highest BCUT2D eigenvalue weighted by Crippen LogP contribution is 2.17. The lowest BCUT2D eigenvalue weighted by Gasteiger charge is -2.35. The Labute approximate surface area is 173 Å². The number of hydrogen-bond acceptors (Lipinski definition) is 4. The number of hydrogen-bond donors (Lipinski definition) is 1. The fourth-order valence-electron chi connectivity index (χ4n) is 3.47. The molecule has 29 heavy (non-hydrogen) atoms. The minimum absolute atomic E-state index is 0.148. The summed E-state index contributed by atoms with van der Waals surface area (Å²) in [6.07, 6.45) is 2.68. The van der Waals surface area contributed by atoms with E-state index in [0.29, 0.717) is 0 Å². The number of benzene rings is 2. The third-order valence-electron chi connectivity index (χ3n) is 5.35. The van der Waals surface area contributed by atoms with Crippen molar-refractivity contribution in [2.45, 2.75) is 26.3 Å². The van der Waals surface area contributed by atoms with Crippen LogP contribution in [-0.4, -0.2) is 37.0 Å². The van der Waals surface area contributed by atoms with E-state index < -0.39 is 0 Å². The number of amides is 1. The molecule has 150 valence electrons. The van der Waals surface area contributed by atoms with E-state index in [2.05, 4.69) is 52.4 Å². The normalized spacial score (nSPS) is 15.6. The van der Waals surface area contributed by atoms with Crippen molar-refractivity contribution in [3.63, 3.8) is 0 Å². The van der Waals surface area contributed by atoms with Crippen molar-refractivity contribution in [2.24, 2.45) is 0 Å². The van der Waals surface area contributed by atoms with Gasteiger partial charge in [-0.3, -0.25) is 4.79 Å². The summed E-state index contributed by atoms with van der Waals surface area (Å²) in [6.45, 7) is 7.33. The molecular formula is C24H28N4O. The Morgan fingerprint density at radius 3 is 2.34 bits per heavy atom. The highest BCUT2D eigenvalue weighted by atomic mass is 16.1. The van der Waals surface area contributed by atoms with Crippen LogP contribution in [0.25, 0.3) is 0 Å². The molecule has 0 radical (unpaired) electrons. The van der Waals surface area contributed by atoms with E-state index in [-0.39, 0.29) is 17.5 Å². The third-order valence-corrected chi connectivity index (χ3v) is 5.35. The molecule has 2 aromatic rings. The van der Waals surface area contributed by atoms with Crippen LogP contribution in [-0.2, 0) is 11.2 Å². The second kappa shape index (κ2) is 9.79. The zero-order valence-corrected chi connectivity index (χ0v) is 17.1. The summed E-state index contributed by atoms with van der Waals surface area (Å²) in [4.78, 5) is 17.0. The van der Waals surface area contributed by atoms with Gasteiger partial charge < -0.3 is 15.1 Å². The predicted octanol–water partition coefficient (Wildman–Crippen LogP) is 3.66. The minimum atomic E-state index is -0.329. The summed E-state index contributed by atoms with van der Waals surface area (Å²) in [6, 6.07) is 20.4. The number of carbonyl (C=O) groups is 1. The summed E-state index contributed by atoms with van der Waals surface area (Å²) in [5.41, 5.74) is 3.65. The van der Waals surface area contributed by atoms with Gasteiger partial charge in [0, 0.05) is 38.1 Å². The lowest BCUT2D eigenvalue weighted by molar-refractivity contribution is -0.117. The predicted molar refractivity (Wildman–Crippen MR) is 116 cm³/mol. The quantitative estimate of drug-likeness (QED) is 0.606. The largest absolute Gasteiger partial charge is 0.373 e. The lowest BCUT2D eigenvalue weighted by Crippen LogP contribution is -2.44. The van der Waals surface area contributed by atoms with E-state index in [1.165, 1.54) is 11.3 Å². The smallest absolute Gasteiger partial charge is 0.263 e. The first-order valence-corrected chi connectivity index (χ1v) is 10.2. The maximum atomic E-state index is 12.6. The van der Waals surface area contributed by atoms with Gasteiger partial charge >= 0.3 is 0 Å². The van der Waals surface area contributed by atoms with E-state index in [9.17, 15) is 10.1 Å². The Balaban J connectivity index is 1.57. The van der Waals surface area contributed by atoms with Crippen LogP contribution >= 0.6 is 0 Å². The van der Waals surface area contributed by atoms with E-state index in [1.807, 2.05) is 37.3 Å². The first-order valence-electron chi connectivity index (χ1n) is 10.2. The van der Waals surface area contributed by atoms with Crippen molar-refractivity contribution in [2.75, 3.05) is 31.1 Å². The molecular weight excluding hydrogens is 360 g/mol. The second-order valence-corrected chi connectivity index (χ2v) is 7.30. The van der Waals surface area contributed by atoms with E-state index in [4.69, 9.17) is 0 Å². The maximum absolute atomic E-state index is 12.6. The fourth-order valence-corrected chi connectivity index (χ4v) is 3.47. The molecule has 5 nitrogen and oxygen atoms in total. The number of nitrogens with zero attached hydrogens (tertiary/aromatic N) is 3. The van der Waals surface area contributed by atoms with Crippen molar-refractivity contribution in [1.82, 2.24) is 10.2 Å². The molecule has 1 N–H and O–H groups in total. The average molecular weight is 389 g/mol. The van der Waals surface area contributed by atoms with Gasteiger partial charge in [0.05, 0.1) is 6.04 Å². The summed E-state index contributed by atoms with van der Waals surface area (Å²) >= 11 is 0. The standard InChI is InChI=1S/C24H28N4O/c1-3-20-9-11-21(12-10-20)19(2)26-24(29)22(17-25)18-27-13-15-28(16-14-27)23-7-5-4-6-8-23/h4-12,18-19H,3,13-16H2,1-2H3,(H,26,29)/b22-18-. The monoisotopic (exact) mass is 388 g/mol. The molecule has 1 unspecified atom stereocenters. The van der Waals surface area contributed by atoms with Gasteiger partial charge in [-0.05, 0) is 36.6 Å². The number of aryl methyl sites for hydroxylation is 1. The van der Waals surface area contributed by atoms with E-state index in [1.54, 1.807) is 6.20 Å². The molecule has 0 bridgehead atoms. The van der Waals surface area contributed by atoms with Crippen LogP contribution in [0.1, 0.15) is 31.0 Å². The number of piperazine rings is 1. The Kier molecular flexibility index (Phi) is 6.91. The molecule has 1 saturated heterocycles. The number of nitriles is 1. The Morgan fingerprint density at radius 2 is 1.76 bits per heavy atom. The van der Waals surface area contributed by atoms with Crippen LogP contribution in [0.5, 0.6) is 0 Å². The Morgan fingerprint density at radius 1 is 1.10 bits per heavy atom. The van der Waals surface area contributed by atoms with Gasteiger partial charge in [0.1, 0.15) is 11.6 Å². The van der Waals surface area contributed by atoms with Crippen LogP contribution in [0.15, 0.2) is 66.4 Å². The molecule has 5 heteroatoms. The second-order valence-electron chi connectivity index (χ2n) is 7.30. The number of para-hydroxylation sites is 1. The lowest BCUT2D eigenvalue weighted by atomic mass is 10.0. The molecule has 0 saturated carbocycles. The minimum Gasteiger partial charge on any atom is -0.373 e. The van der Waals surface area contributed by atoms with Crippen LogP contribution < -0.4 is 10.2 Å². The van der Waals surface area contributed by atoms with Crippen LogP contribution in [0.2, 0.25) is 0 Å². The highest BCUT2D eigenvalue weighted by molar-refractivity contribution is 5.97. The van der Waals surface area contributed by atoms with Gasteiger partial charge in [0.25, 0.3) is 5.91 Å². The van der Waals surface area contributed by atoms with Crippen molar-refractivity contribution in [3.05, 3.63) is 77.5 Å². The average Bonchev–Trinajstić information content (AvgIpc) is 2.78. The highest BCUT2D eigenvalue weighted by Gasteiger charge is 2.18.